The Hall–Kier alpha value is -1.23. The van der Waals surface area contributed by atoms with Crippen LogP contribution in [0, 0.1) is 23.7 Å². The second-order valence-electron chi connectivity index (χ2n) is 13.5. The average Bonchev–Trinajstić information content (AvgIpc) is 3.85. The van der Waals surface area contributed by atoms with Gasteiger partial charge in [-0.2, -0.15) is 0 Å². The van der Waals surface area contributed by atoms with Crippen molar-refractivity contribution in [1.29, 1.82) is 0 Å². The number of piperazine rings is 2. The number of carbonyl (C=O) groups is 4. The lowest BCUT2D eigenvalue weighted by Crippen LogP contribution is -3.06. The fraction of sp³-hybridized carbons (Fsp3) is 0.871. The van der Waals surface area contributed by atoms with E-state index >= 15 is 0 Å². The predicted octanol–water partition coefficient (Wildman–Crippen LogP) is -1.67. The number of carbonyl (C=O) groups excluding carboxylic acids is 4. The number of nitrogens with one attached hydrogen (secondary N) is 3. The van der Waals surface area contributed by atoms with Crippen molar-refractivity contribution in [2.45, 2.75) is 50.1 Å². The van der Waals surface area contributed by atoms with E-state index in [0.717, 1.165) is 83.3 Å². The van der Waals surface area contributed by atoms with Crippen molar-refractivity contribution >= 4 is 45.6 Å². The topological polar surface area (TPSA) is 125 Å². The molecule has 3 N–H and O–H groups in total. The van der Waals surface area contributed by atoms with E-state index in [1.54, 1.807) is 0 Å². The maximum absolute atomic E-state index is 12.6. The van der Waals surface area contributed by atoms with E-state index in [1.807, 2.05) is 11.9 Å². The van der Waals surface area contributed by atoms with E-state index in [9.17, 15) is 19.2 Å². The maximum atomic E-state index is 12.6. The Balaban J connectivity index is 0.000000183. The molecule has 7 aliphatic rings. The first-order chi connectivity index (χ1) is 21.5. The normalized spacial score (nSPS) is 35.3. The van der Waals surface area contributed by atoms with Crippen molar-refractivity contribution in [1.82, 2.24) is 25.3 Å². The Bertz CT molecular complexity index is 1010. The molecule has 7 rings (SSSR count). The number of hydrogen-bond acceptors (Lipinski definition) is 12. The summed E-state index contributed by atoms with van der Waals surface area (Å²) in [6.45, 7) is 10.3. The molecule has 14 heteroatoms. The molecule has 0 aromatic heterocycles. The maximum Gasteiger partial charge on any atom is 0.229 e. The molecule has 4 bridgehead atoms. The van der Waals surface area contributed by atoms with Crippen molar-refractivity contribution in [3.63, 3.8) is 0 Å². The van der Waals surface area contributed by atoms with Crippen LogP contribution in [0.2, 0.25) is 0 Å². The molecular formula is C31H56N6O6S2. The third-order valence-corrected chi connectivity index (χ3v) is 11.1. The summed E-state index contributed by atoms with van der Waals surface area (Å²) >= 11 is 5.72. The molecule has 7 aliphatic heterocycles. The first-order valence-electron chi connectivity index (χ1n) is 16.6. The molecule has 45 heavy (non-hydrogen) atoms. The second kappa shape index (κ2) is 17.3. The van der Waals surface area contributed by atoms with Crippen LogP contribution in [0.3, 0.4) is 0 Å². The highest BCUT2D eigenvalue weighted by Gasteiger charge is 2.59. The van der Waals surface area contributed by atoms with E-state index in [2.05, 4.69) is 48.6 Å². The van der Waals surface area contributed by atoms with Gasteiger partial charge in [0, 0.05) is 71.4 Å². The van der Waals surface area contributed by atoms with E-state index in [1.165, 1.54) is 24.5 Å². The molecule has 258 valence electrons. The molecule has 12 nitrogen and oxygen atoms in total. The summed E-state index contributed by atoms with van der Waals surface area (Å²) < 4.78 is 11.3. The first kappa shape index (κ1) is 36.6. The highest BCUT2D eigenvalue weighted by Crippen LogP contribution is 2.51. The monoisotopic (exact) mass is 673 g/mol. The van der Waals surface area contributed by atoms with E-state index < -0.39 is 0 Å². The van der Waals surface area contributed by atoms with Crippen LogP contribution in [0.15, 0.2) is 0 Å². The molecule has 0 aromatic carbocycles. The van der Waals surface area contributed by atoms with Crippen LogP contribution in [-0.4, -0.2) is 161 Å². The zero-order valence-electron chi connectivity index (χ0n) is 27.6. The van der Waals surface area contributed by atoms with Crippen LogP contribution in [0.4, 0.5) is 0 Å². The SMILES string of the molecule is CN1CCN(C(=O)C2C3CCC(O3)C2C(=O)[S-])CC1.CN1CCNCC1.CNCC[NH+](C)C.O=C1SC(=O)C2C3CCC(O3)C12.[2HH]. The number of nitrogens with zero attached hydrogens (tertiary/aromatic N) is 3. The molecule has 0 spiro atoms. The number of amides is 1. The van der Waals surface area contributed by atoms with Crippen molar-refractivity contribution < 1.29 is 35.0 Å². The molecule has 1 amide bonds. The highest BCUT2D eigenvalue weighted by atomic mass is 32.2. The van der Waals surface area contributed by atoms with Crippen LogP contribution >= 0.6 is 11.8 Å². The van der Waals surface area contributed by atoms with Crippen molar-refractivity contribution in [2.24, 2.45) is 23.7 Å². The summed E-state index contributed by atoms with van der Waals surface area (Å²) in [4.78, 5) is 54.8. The molecule has 7 fully saturated rings. The lowest BCUT2D eigenvalue weighted by molar-refractivity contribution is -0.856. The molecule has 0 radical (unpaired) electrons. The summed E-state index contributed by atoms with van der Waals surface area (Å²) in [5, 5.41) is 6.12. The van der Waals surface area contributed by atoms with Gasteiger partial charge in [0.05, 0.1) is 62.8 Å². The third kappa shape index (κ3) is 9.44. The van der Waals surface area contributed by atoms with E-state index in [4.69, 9.17) is 22.1 Å². The van der Waals surface area contributed by atoms with Gasteiger partial charge in [0.25, 0.3) is 0 Å². The molecule has 8 atom stereocenters. The fourth-order valence-electron chi connectivity index (χ4n) is 7.19. The molecule has 0 aromatic rings. The smallest absolute Gasteiger partial charge is 0.229 e. The molecular weight excluding hydrogens is 617 g/mol. The second-order valence-corrected chi connectivity index (χ2v) is 14.9. The summed E-state index contributed by atoms with van der Waals surface area (Å²) in [7, 11) is 10.5. The quantitative estimate of drug-likeness (QED) is 0.289. The van der Waals surface area contributed by atoms with Gasteiger partial charge in [-0.3, -0.25) is 14.4 Å². The van der Waals surface area contributed by atoms with E-state index in [0.29, 0.717) is 0 Å². The summed E-state index contributed by atoms with van der Waals surface area (Å²) in [6, 6.07) is 0. The van der Waals surface area contributed by atoms with Crippen LogP contribution in [-0.2, 0) is 41.3 Å². The minimum absolute atomic E-state index is 0. The van der Waals surface area contributed by atoms with E-state index in [-0.39, 0.29) is 70.8 Å². The Labute approximate surface area is 279 Å². The predicted molar refractivity (Wildman–Crippen MR) is 178 cm³/mol. The fourth-order valence-corrected chi connectivity index (χ4v) is 8.56. The third-order valence-electron chi connectivity index (χ3n) is 9.88. The zero-order valence-corrected chi connectivity index (χ0v) is 29.3. The first-order valence-corrected chi connectivity index (χ1v) is 17.8. The van der Waals surface area contributed by atoms with Crippen LogP contribution in [0.25, 0.3) is 0 Å². The summed E-state index contributed by atoms with van der Waals surface area (Å²) in [5.74, 6) is -0.834. The number of rotatable bonds is 5. The number of fused-ring (bicyclic) bond motifs is 7. The molecule has 0 aliphatic carbocycles. The van der Waals surface area contributed by atoms with Crippen LogP contribution in [0.5, 0.6) is 0 Å². The van der Waals surface area contributed by atoms with Crippen molar-refractivity contribution in [3.8, 4) is 0 Å². The number of likely N-dealkylation sites (N-methyl/N-ethyl adjacent to an activating group) is 4. The van der Waals surface area contributed by atoms with Gasteiger partial charge in [0.1, 0.15) is 0 Å². The van der Waals surface area contributed by atoms with Gasteiger partial charge in [-0.25, -0.2) is 0 Å². The molecule has 7 saturated heterocycles. The molecule has 0 saturated carbocycles. The minimum Gasteiger partial charge on any atom is -0.742 e. The Kier molecular flexibility index (Phi) is 14.0. The Morgan fingerprint density at radius 2 is 1.36 bits per heavy atom. The average molecular weight is 674 g/mol. The van der Waals surface area contributed by atoms with Crippen molar-refractivity contribution in [3.05, 3.63) is 0 Å². The van der Waals surface area contributed by atoms with Gasteiger partial charge < -0.3 is 57.1 Å². The molecule has 8 unspecified atom stereocenters. The zero-order chi connectivity index (χ0) is 32.7. The number of quaternary nitrogens is 1. The number of hydrogen-bond donors (Lipinski definition) is 3. The highest BCUT2D eigenvalue weighted by molar-refractivity contribution is 8.26. The summed E-state index contributed by atoms with van der Waals surface area (Å²) in [5.41, 5.74) is 0. The Morgan fingerprint density at radius 1 is 0.867 bits per heavy atom. The van der Waals surface area contributed by atoms with Gasteiger partial charge in [0.15, 0.2) is 0 Å². The van der Waals surface area contributed by atoms with Gasteiger partial charge >= 0.3 is 0 Å². The minimum atomic E-state index is -0.388. The number of thioether (sulfide) groups is 1. The summed E-state index contributed by atoms with van der Waals surface area (Å²) in [6.07, 6.45) is 3.60. The van der Waals surface area contributed by atoms with Gasteiger partial charge in [0.2, 0.25) is 16.1 Å². The van der Waals surface area contributed by atoms with Crippen molar-refractivity contribution in [2.75, 3.05) is 101 Å². The largest absolute Gasteiger partial charge is 0.742 e. The van der Waals surface area contributed by atoms with Gasteiger partial charge in [-0.15, -0.1) is 0 Å². The molecule has 7 heterocycles. The lowest BCUT2D eigenvalue weighted by atomic mass is 9.79. The Morgan fingerprint density at radius 3 is 1.80 bits per heavy atom. The number of ether oxygens (including phenoxy) is 2. The van der Waals surface area contributed by atoms with Gasteiger partial charge in [-0.05, 0) is 58.6 Å². The standard InChI is InChI=1S/C13H20N2O3S.C8H8O3S.C5H12N2.C5H14N2.H2/c1-14-4-6-15(7-5-14)12(16)10-8-2-3-9(18-8)11(10)13(17)19;9-7-5-3-1-2-4(11-3)6(5)8(10)12-7;1-7-4-2-6-3-5-7;1-6-4-5-7(2)3;/h8-11H,2-7H2,1H3,(H,17,19);3-6H,1-2H2;6H,2-5H2,1H3;6H,4-5H2,1-3H3;1H/i;;;;1+1. The lowest BCUT2D eigenvalue weighted by Gasteiger charge is -2.37. The van der Waals surface area contributed by atoms with Crippen LogP contribution < -0.4 is 15.5 Å². The van der Waals surface area contributed by atoms with Gasteiger partial charge in [-0.1, -0.05) is 0 Å². The van der Waals surface area contributed by atoms with Crippen LogP contribution in [0.1, 0.15) is 27.1 Å².